The van der Waals surface area contributed by atoms with E-state index in [1.807, 2.05) is 13.8 Å². The number of carboxylic acid groups (broad SMARTS) is 1. The number of carbonyl (C=O) groups excluding carboxylic acids is 4. The Bertz CT molecular complexity index is 1790. The van der Waals surface area contributed by atoms with Gasteiger partial charge in [0.05, 0.1) is 23.3 Å². The average Bonchev–Trinajstić information content (AvgIpc) is 3.40. The second-order valence-electron chi connectivity index (χ2n) is 22.8. The van der Waals surface area contributed by atoms with E-state index >= 15 is 0 Å². The number of nitrogens with one attached hydrogen (secondary N) is 2. The van der Waals surface area contributed by atoms with Crippen LogP contribution in [-0.4, -0.2) is 69.3 Å². The first-order valence-electron chi connectivity index (χ1n) is 22.5. The number of fused-ring (bicyclic) bond motifs is 7. The lowest BCUT2D eigenvalue weighted by atomic mass is 9.33. The van der Waals surface area contributed by atoms with Crippen molar-refractivity contribution in [2.24, 2.45) is 68.5 Å². The van der Waals surface area contributed by atoms with E-state index in [2.05, 4.69) is 59.1 Å². The highest BCUT2D eigenvalue weighted by Crippen LogP contribution is 2.76. The van der Waals surface area contributed by atoms with E-state index in [9.17, 15) is 29.1 Å². The predicted molar refractivity (Wildman–Crippen MR) is 223 cm³/mol. The quantitative estimate of drug-likeness (QED) is 0.164. The number of halogens is 1. The number of ether oxygens (including phenoxy) is 1. The van der Waals surface area contributed by atoms with E-state index in [1.165, 1.54) is 0 Å². The number of aliphatic carboxylic acids is 1. The Morgan fingerprint density at radius 3 is 2.17 bits per heavy atom. The maximum atomic E-state index is 14.4. The lowest BCUT2D eigenvalue weighted by molar-refractivity contribution is -0.235. The number of hydrogen-bond acceptors (Lipinski definition) is 7. The van der Waals surface area contributed by atoms with E-state index in [4.69, 9.17) is 16.5 Å². The summed E-state index contributed by atoms with van der Waals surface area (Å²) in [7, 11) is 0. The third-order valence-corrected chi connectivity index (χ3v) is 18.9. The van der Waals surface area contributed by atoms with Gasteiger partial charge in [0, 0.05) is 24.9 Å². The molecule has 0 aromatic heterocycles. The Labute approximate surface area is 352 Å². The topological polar surface area (TPSA) is 142 Å². The third-order valence-electron chi connectivity index (χ3n) is 18.6. The summed E-state index contributed by atoms with van der Waals surface area (Å²) in [6, 6.07) is 0. The molecule has 11 atom stereocenters. The van der Waals surface area contributed by atoms with Crippen LogP contribution in [-0.2, 0) is 28.7 Å². The molecule has 3 N–H and O–H groups in total. The van der Waals surface area contributed by atoms with E-state index in [0.717, 1.165) is 75.5 Å². The van der Waals surface area contributed by atoms with Crippen molar-refractivity contribution in [3.63, 3.8) is 0 Å². The van der Waals surface area contributed by atoms with Crippen molar-refractivity contribution < 1.29 is 33.8 Å². The lowest BCUT2D eigenvalue weighted by Gasteiger charge is -2.72. The van der Waals surface area contributed by atoms with Gasteiger partial charge in [0.1, 0.15) is 11.6 Å². The minimum Gasteiger partial charge on any atom is -0.481 e. The van der Waals surface area contributed by atoms with Gasteiger partial charge < -0.3 is 20.5 Å². The van der Waals surface area contributed by atoms with Gasteiger partial charge in [-0.05, 0) is 153 Å². The van der Waals surface area contributed by atoms with Gasteiger partial charge in [-0.3, -0.25) is 24.0 Å². The molecular weight excluding hydrogens is 754 g/mol. The minimum absolute atomic E-state index is 0.0109. The van der Waals surface area contributed by atoms with E-state index in [1.54, 1.807) is 18.3 Å². The zero-order valence-corrected chi connectivity index (χ0v) is 38.0. The van der Waals surface area contributed by atoms with Gasteiger partial charge in [0.15, 0.2) is 5.78 Å². The molecule has 7 rings (SSSR count). The van der Waals surface area contributed by atoms with Gasteiger partial charge in [0.2, 0.25) is 11.8 Å². The molecule has 6 aliphatic carbocycles. The number of rotatable bonds is 8. The van der Waals surface area contributed by atoms with Crippen LogP contribution < -0.4 is 10.6 Å². The average molecular weight is 827 g/mol. The van der Waals surface area contributed by atoms with Crippen molar-refractivity contribution in [2.75, 3.05) is 13.1 Å². The van der Waals surface area contributed by atoms with Crippen LogP contribution in [0.3, 0.4) is 0 Å². The van der Waals surface area contributed by atoms with Crippen LogP contribution in [0.1, 0.15) is 153 Å². The van der Waals surface area contributed by atoms with Crippen molar-refractivity contribution in [1.29, 1.82) is 0 Å². The predicted octanol–water partition coefficient (Wildman–Crippen LogP) is 8.26. The smallest absolute Gasteiger partial charge is 0.309 e. The summed E-state index contributed by atoms with van der Waals surface area (Å²) < 4.78 is 8.06. The van der Waals surface area contributed by atoms with Crippen molar-refractivity contribution in [1.82, 2.24) is 15.1 Å². The number of ketones is 1. The number of Topliss-reactive ketones (excluding diaryl/α,β-unsaturated/α-hetero) is 1. The van der Waals surface area contributed by atoms with Gasteiger partial charge in [-0.2, -0.15) is 0 Å². The van der Waals surface area contributed by atoms with Gasteiger partial charge in [0.25, 0.3) is 0 Å². The third kappa shape index (κ3) is 6.44. The highest BCUT2D eigenvalue weighted by Gasteiger charge is 2.71. The second kappa shape index (κ2) is 14.3. The fraction of sp³-hybridized carbons (Fsp3) is 0.851. The highest BCUT2D eigenvalue weighted by molar-refractivity contribution is 6.13. The van der Waals surface area contributed by atoms with Gasteiger partial charge >= 0.3 is 11.9 Å². The maximum absolute atomic E-state index is 14.4. The van der Waals surface area contributed by atoms with Crippen molar-refractivity contribution in [2.45, 2.75) is 170 Å². The molecule has 0 unspecified atom stereocenters. The van der Waals surface area contributed by atoms with Crippen molar-refractivity contribution in [3.8, 4) is 0 Å². The van der Waals surface area contributed by atoms with Crippen molar-refractivity contribution >= 4 is 41.3 Å². The molecule has 0 radical (unpaired) electrons. The van der Waals surface area contributed by atoms with Crippen LogP contribution >= 0.6 is 11.8 Å². The van der Waals surface area contributed by atoms with E-state index < -0.39 is 34.3 Å². The molecule has 0 bridgehead atoms. The molecule has 1 aliphatic heterocycles. The van der Waals surface area contributed by atoms with Gasteiger partial charge in [-0.1, -0.05) is 62.3 Å². The SMILES string of the molecule is CC(C)C1=C2[C@H]3CC[C@@H]4[C@@]5(C)CC[C@H](OC(=O)[C@H]6C[C@@H](C(=O)O)C6(C)C)C(C)(C)[C@@H]5CC[C@@]4(C)[C@]3(C)CC[C@@]2(NC(=O)C(C)(C)NC(=O)[C@H]2CCCN(Cl)C2)CC1=O. The largest absolute Gasteiger partial charge is 0.481 e. The summed E-state index contributed by atoms with van der Waals surface area (Å²) in [4.78, 5) is 67.4. The first-order valence-corrected chi connectivity index (χ1v) is 22.9. The van der Waals surface area contributed by atoms with Gasteiger partial charge in [-0.25, -0.2) is 4.42 Å². The molecule has 58 heavy (non-hydrogen) atoms. The number of hydrogen-bond donors (Lipinski definition) is 3. The Balaban J connectivity index is 1.12. The number of nitrogens with zero attached hydrogens (tertiary/aromatic N) is 1. The number of piperidine rings is 1. The molecule has 0 aromatic carbocycles. The molecule has 6 fully saturated rings. The first-order chi connectivity index (χ1) is 26.8. The van der Waals surface area contributed by atoms with Crippen LogP contribution in [0, 0.1) is 68.5 Å². The first kappa shape index (κ1) is 43.6. The maximum Gasteiger partial charge on any atom is 0.309 e. The number of carbonyl (C=O) groups is 5. The van der Waals surface area contributed by atoms with Crippen LogP contribution in [0.15, 0.2) is 11.1 Å². The number of amides is 2. The van der Waals surface area contributed by atoms with Crippen LogP contribution in [0.25, 0.3) is 0 Å². The summed E-state index contributed by atoms with van der Waals surface area (Å²) in [5.74, 6) is -1.60. The molecule has 1 saturated heterocycles. The fourth-order valence-electron chi connectivity index (χ4n) is 14.9. The molecule has 10 nitrogen and oxygen atoms in total. The number of esters is 1. The molecule has 5 saturated carbocycles. The fourth-order valence-corrected chi connectivity index (χ4v) is 15.2. The van der Waals surface area contributed by atoms with Crippen LogP contribution in [0.5, 0.6) is 0 Å². The molecule has 2 amide bonds. The molecule has 7 aliphatic rings. The van der Waals surface area contributed by atoms with Crippen LogP contribution in [0.4, 0.5) is 0 Å². The summed E-state index contributed by atoms with van der Waals surface area (Å²) in [6.07, 6.45) is 9.34. The Morgan fingerprint density at radius 1 is 0.862 bits per heavy atom. The second-order valence-corrected chi connectivity index (χ2v) is 23.3. The van der Waals surface area contributed by atoms with E-state index in [0.29, 0.717) is 31.2 Å². The molecule has 0 spiro atoms. The Kier molecular flexibility index (Phi) is 10.8. The monoisotopic (exact) mass is 826 g/mol. The zero-order chi connectivity index (χ0) is 42.8. The number of allylic oxidation sites excluding steroid dienone is 1. The number of carboxylic acids is 1. The minimum atomic E-state index is -1.18. The lowest BCUT2D eigenvalue weighted by Crippen LogP contribution is -2.68. The molecule has 1 heterocycles. The van der Waals surface area contributed by atoms with E-state index in [-0.39, 0.29) is 75.5 Å². The van der Waals surface area contributed by atoms with Crippen LogP contribution in [0.2, 0.25) is 0 Å². The zero-order valence-electron chi connectivity index (χ0n) is 37.2. The molecule has 0 aromatic rings. The summed E-state index contributed by atoms with van der Waals surface area (Å²) >= 11 is 6.27. The summed E-state index contributed by atoms with van der Waals surface area (Å²) in [5, 5.41) is 16.2. The Morgan fingerprint density at radius 2 is 1.55 bits per heavy atom. The molecule has 324 valence electrons. The standard InChI is InChI=1S/C47H72ClN3O7/c1-26(2)35-31(52)24-47(50-40(57)43(7,8)49-37(53)27-13-12-22-51(48)25-27)21-20-45(10)28(36(35)47)14-15-33-44(9)18-17-34(42(5,6)32(44)16-19-46(33,45)11)58-39(56)30-23-29(38(54)55)41(30,3)4/h26-30,32-34H,12-25H2,1-11H3,(H,49,53)(H,50,57)(H,54,55)/t27-,28+,29-,30+,32-,33+,34-,44-,45+,46+,47+/m0/s1. The molecule has 11 heteroatoms. The summed E-state index contributed by atoms with van der Waals surface area (Å²) in [6.45, 7) is 24.8. The Hall–Kier alpha value is -2.46. The van der Waals surface area contributed by atoms with Gasteiger partial charge in [-0.15, -0.1) is 0 Å². The summed E-state index contributed by atoms with van der Waals surface area (Å²) in [5.41, 5.74) is -0.841. The highest BCUT2D eigenvalue weighted by atomic mass is 35.5. The normalized spacial score (nSPS) is 41.9. The molecular formula is C47H72ClN3O7. The van der Waals surface area contributed by atoms with Crippen molar-refractivity contribution in [3.05, 3.63) is 11.1 Å².